The highest BCUT2D eigenvalue weighted by molar-refractivity contribution is 6.30. The summed E-state index contributed by atoms with van der Waals surface area (Å²) in [7, 11) is 1.55. The Kier molecular flexibility index (Phi) is 5.35. The fourth-order valence-electron chi connectivity index (χ4n) is 3.45. The average molecular weight is 419 g/mol. The lowest BCUT2D eigenvalue weighted by atomic mass is 10.1. The molecule has 152 valence electrons. The molecule has 0 fully saturated rings. The molecule has 0 bridgehead atoms. The van der Waals surface area contributed by atoms with Gasteiger partial charge in [0.15, 0.2) is 5.82 Å². The maximum absolute atomic E-state index is 12.7. The van der Waals surface area contributed by atoms with E-state index in [0.717, 1.165) is 4.57 Å². The second-order valence-electron chi connectivity index (χ2n) is 6.82. The number of aliphatic hydroxyl groups excluding tert-OH is 1. The Bertz CT molecular complexity index is 1130. The Labute approximate surface area is 170 Å². The van der Waals surface area contributed by atoms with Crippen molar-refractivity contribution in [2.45, 2.75) is 38.1 Å². The van der Waals surface area contributed by atoms with E-state index in [2.05, 4.69) is 10.1 Å². The monoisotopic (exact) mass is 418 g/mol. The molecule has 1 aliphatic heterocycles. The van der Waals surface area contributed by atoms with Crippen molar-refractivity contribution in [3.05, 3.63) is 79.2 Å². The van der Waals surface area contributed by atoms with E-state index >= 15 is 0 Å². The normalized spacial score (nSPS) is 16.7. The van der Waals surface area contributed by atoms with Crippen LogP contribution in [0.15, 0.2) is 44.4 Å². The largest absolute Gasteiger partial charge is 0.388 e. The van der Waals surface area contributed by atoms with Crippen LogP contribution < -0.4 is 11.2 Å². The van der Waals surface area contributed by atoms with Crippen molar-refractivity contribution < 1.29 is 14.4 Å². The van der Waals surface area contributed by atoms with E-state index in [1.54, 1.807) is 31.4 Å². The van der Waals surface area contributed by atoms with E-state index < -0.39 is 17.4 Å². The number of hydrogen-bond acceptors (Lipinski definition) is 7. The van der Waals surface area contributed by atoms with Crippen LogP contribution in [0.25, 0.3) is 0 Å². The van der Waals surface area contributed by atoms with Crippen LogP contribution in [0.5, 0.6) is 0 Å². The first-order chi connectivity index (χ1) is 14.0. The lowest BCUT2D eigenvalue weighted by Crippen LogP contribution is -2.40. The van der Waals surface area contributed by atoms with Crippen molar-refractivity contribution in [2.24, 2.45) is 0 Å². The third-order valence-corrected chi connectivity index (χ3v) is 5.23. The van der Waals surface area contributed by atoms with E-state index in [9.17, 15) is 14.7 Å². The maximum Gasteiger partial charge on any atom is 0.331 e. The summed E-state index contributed by atoms with van der Waals surface area (Å²) in [4.78, 5) is 29.3. The number of methoxy groups -OCH3 is 1. The number of halogens is 1. The molecule has 4 rings (SSSR count). The summed E-state index contributed by atoms with van der Waals surface area (Å²) in [6, 6.07) is 8.20. The van der Waals surface area contributed by atoms with Crippen molar-refractivity contribution in [1.29, 1.82) is 0 Å². The first-order valence-corrected chi connectivity index (χ1v) is 9.46. The molecule has 0 saturated carbocycles. The SMILES string of the molecule is COC1CCn2c1cc(=O)n(Cc1nc(CC(O)c3ccc(Cl)cc3)no1)c2=O. The minimum Gasteiger partial charge on any atom is -0.388 e. The molecule has 1 aliphatic rings. The molecular formula is C19H19ClN4O5. The zero-order valence-corrected chi connectivity index (χ0v) is 16.4. The molecule has 2 atom stereocenters. The van der Waals surface area contributed by atoms with E-state index in [1.165, 1.54) is 10.6 Å². The van der Waals surface area contributed by atoms with Crippen LogP contribution in [0.1, 0.15) is 41.6 Å². The lowest BCUT2D eigenvalue weighted by molar-refractivity contribution is 0.104. The van der Waals surface area contributed by atoms with Gasteiger partial charge in [0.1, 0.15) is 6.54 Å². The number of ether oxygens (including phenoxy) is 1. The highest BCUT2D eigenvalue weighted by atomic mass is 35.5. The minimum absolute atomic E-state index is 0.115. The van der Waals surface area contributed by atoms with Gasteiger partial charge in [0, 0.05) is 31.2 Å². The zero-order valence-electron chi connectivity index (χ0n) is 15.6. The van der Waals surface area contributed by atoms with Crippen molar-refractivity contribution in [2.75, 3.05) is 7.11 Å². The molecule has 3 aromatic rings. The third-order valence-electron chi connectivity index (χ3n) is 4.97. The topological polar surface area (TPSA) is 112 Å². The predicted octanol–water partition coefficient (Wildman–Crippen LogP) is 1.46. The predicted molar refractivity (Wildman–Crippen MR) is 103 cm³/mol. The van der Waals surface area contributed by atoms with Crippen LogP contribution in [0.2, 0.25) is 5.02 Å². The second kappa shape index (κ2) is 7.94. The van der Waals surface area contributed by atoms with Gasteiger partial charge in [-0.15, -0.1) is 0 Å². The van der Waals surface area contributed by atoms with E-state index in [-0.39, 0.29) is 30.8 Å². The number of nitrogens with zero attached hydrogens (tertiary/aromatic N) is 4. The Morgan fingerprint density at radius 3 is 2.83 bits per heavy atom. The van der Waals surface area contributed by atoms with E-state index in [0.29, 0.717) is 29.2 Å². The van der Waals surface area contributed by atoms with Crippen LogP contribution in [0.3, 0.4) is 0 Å². The molecule has 1 aromatic carbocycles. The average Bonchev–Trinajstić information content (AvgIpc) is 3.32. The molecule has 10 heteroatoms. The van der Waals surface area contributed by atoms with Crippen molar-refractivity contribution in [3.63, 3.8) is 0 Å². The third kappa shape index (κ3) is 3.89. The summed E-state index contributed by atoms with van der Waals surface area (Å²) in [5.74, 6) is 0.389. The number of rotatable bonds is 6. The summed E-state index contributed by atoms with van der Waals surface area (Å²) in [5, 5.41) is 14.7. The van der Waals surface area contributed by atoms with Gasteiger partial charge in [0.25, 0.3) is 5.56 Å². The van der Waals surface area contributed by atoms with Crippen LogP contribution in [-0.4, -0.2) is 31.5 Å². The summed E-state index contributed by atoms with van der Waals surface area (Å²) in [5.41, 5.74) is 0.358. The summed E-state index contributed by atoms with van der Waals surface area (Å²) >= 11 is 5.85. The van der Waals surface area contributed by atoms with Crippen molar-refractivity contribution >= 4 is 11.6 Å². The standard InChI is InChI=1S/C19H19ClN4O5/c1-28-15-6-7-23-13(15)8-18(26)24(19(23)27)10-17-21-16(22-29-17)9-14(25)11-2-4-12(20)5-3-11/h2-5,8,14-15,25H,6-7,9-10H2,1H3. The lowest BCUT2D eigenvalue weighted by Gasteiger charge is -2.10. The second-order valence-corrected chi connectivity index (χ2v) is 7.25. The van der Waals surface area contributed by atoms with Crippen LogP contribution >= 0.6 is 11.6 Å². The number of aromatic nitrogens is 4. The van der Waals surface area contributed by atoms with E-state index in [4.69, 9.17) is 20.9 Å². The number of fused-ring (bicyclic) bond motifs is 1. The summed E-state index contributed by atoms with van der Waals surface area (Å²) in [6.07, 6.45) is -0.326. The summed E-state index contributed by atoms with van der Waals surface area (Å²) < 4.78 is 13.1. The van der Waals surface area contributed by atoms with Gasteiger partial charge in [0.05, 0.1) is 17.9 Å². The van der Waals surface area contributed by atoms with Crippen LogP contribution in [-0.2, 0) is 24.2 Å². The maximum atomic E-state index is 12.7. The van der Waals surface area contributed by atoms with Gasteiger partial charge >= 0.3 is 5.69 Å². The number of hydrogen-bond donors (Lipinski definition) is 1. The quantitative estimate of drug-likeness (QED) is 0.644. The van der Waals surface area contributed by atoms with Gasteiger partial charge in [-0.25, -0.2) is 4.79 Å². The Balaban J connectivity index is 1.52. The fourth-order valence-corrected chi connectivity index (χ4v) is 3.58. The first kappa shape index (κ1) is 19.6. The molecular weight excluding hydrogens is 400 g/mol. The molecule has 2 aromatic heterocycles. The molecule has 9 nitrogen and oxygen atoms in total. The highest BCUT2D eigenvalue weighted by Crippen LogP contribution is 2.25. The Hall–Kier alpha value is -2.75. The molecule has 29 heavy (non-hydrogen) atoms. The van der Waals surface area contributed by atoms with Gasteiger partial charge in [-0.1, -0.05) is 28.9 Å². The van der Waals surface area contributed by atoms with Crippen molar-refractivity contribution in [3.8, 4) is 0 Å². The highest BCUT2D eigenvalue weighted by Gasteiger charge is 2.26. The minimum atomic E-state index is -0.836. The van der Waals surface area contributed by atoms with Gasteiger partial charge in [-0.05, 0) is 24.1 Å². The van der Waals surface area contributed by atoms with Crippen molar-refractivity contribution in [1.82, 2.24) is 19.3 Å². The van der Waals surface area contributed by atoms with Gasteiger partial charge in [-0.2, -0.15) is 4.98 Å². The fraction of sp³-hybridized carbons (Fsp3) is 0.368. The molecule has 3 heterocycles. The smallest absolute Gasteiger partial charge is 0.331 e. The van der Waals surface area contributed by atoms with Gasteiger partial charge in [-0.3, -0.25) is 13.9 Å². The molecule has 0 amide bonds. The van der Waals surface area contributed by atoms with Crippen LogP contribution in [0.4, 0.5) is 0 Å². The molecule has 2 unspecified atom stereocenters. The summed E-state index contributed by atoms with van der Waals surface area (Å²) in [6.45, 7) is 0.342. The molecule has 1 N–H and O–H groups in total. The molecule has 0 saturated heterocycles. The Morgan fingerprint density at radius 2 is 2.10 bits per heavy atom. The number of aliphatic hydroxyl groups is 1. The Morgan fingerprint density at radius 1 is 1.34 bits per heavy atom. The molecule has 0 spiro atoms. The first-order valence-electron chi connectivity index (χ1n) is 9.08. The molecule has 0 aliphatic carbocycles. The van der Waals surface area contributed by atoms with Crippen LogP contribution in [0, 0.1) is 0 Å². The zero-order chi connectivity index (χ0) is 20.5. The molecule has 0 radical (unpaired) electrons. The van der Waals surface area contributed by atoms with Gasteiger partial charge < -0.3 is 14.4 Å². The number of benzene rings is 1. The van der Waals surface area contributed by atoms with E-state index in [1.807, 2.05) is 0 Å². The van der Waals surface area contributed by atoms with Gasteiger partial charge in [0.2, 0.25) is 5.89 Å².